The van der Waals surface area contributed by atoms with Crippen molar-refractivity contribution in [3.05, 3.63) is 89.5 Å². The molecule has 1 aliphatic rings. The zero-order valence-corrected chi connectivity index (χ0v) is 18.2. The van der Waals surface area contributed by atoms with Crippen LogP contribution in [0.1, 0.15) is 33.8 Å². The normalized spacial score (nSPS) is 12.6. The maximum absolute atomic E-state index is 12.7. The Morgan fingerprint density at radius 3 is 2.15 bits per heavy atom. The van der Waals surface area contributed by atoms with Crippen LogP contribution in [0, 0.1) is 12.3 Å². The molecule has 7 nitrogen and oxygen atoms in total. The summed E-state index contributed by atoms with van der Waals surface area (Å²) in [5.74, 6) is 0.404. The van der Waals surface area contributed by atoms with Gasteiger partial charge in [-0.2, -0.15) is 0 Å². The first-order valence-corrected chi connectivity index (χ1v) is 10.7. The average molecular weight is 454 g/mol. The minimum absolute atomic E-state index is 0.0727. The van der Waals surface area contributed by atoms with E-state index in [0.29, 0.717) is 0 Å². The average Bonchev–Trinajstić information content (AvgIpc) is 3.16. The van der Waals surface area contributed by atoms with Gasteiger partial charge >= 0.3 is 12.1 Å². The number of carboxylic acid groups (broad SMARTS) is 1. The van der Waals surface area contributed by atoms with Crippen LogP contribution in [0.3, 0.4) is 0 Å². The largest absolute Gasteiger partial charge is 0.478 e. The van der Waals surface area contributed by atoms with Crippen LogP contribution < -0.4 is 10.6 Å². The van der Waals surface area contributed by atoms with Crippen molar-refractivity contribution in [3.8, 4) is 23.5 Å². The molecule has 3 aromatic carbocycles. The predicted molar refractivity (Wildman–Crippen MR) is 127 cm³/mol. The number of hydrogen-bond acceptors (Lipinski definition) is 4. The zero-order chi connectivity index (χ0) is 24.1. The third-order valence-electron chi connectivity index (χ3n) is 5.69. The zero-order valence-electron chi connectivity index (χ0n) is 18.2. The number of anilines is 1. The van der Waals surface area contributed by atoms with Gasteiger partial charge in [-0.3, -0.25) is 4.79 Å². The second kappa shape index (κ2) is 9.92. The van der Waals surface area contributed by atoms with E-state index in [-0.39, 0.29) is 30.2 Å². The Morgan fingerprint density at radius 2 is 1.53 bits per heavy atom. The predicted octanol–water partition coefficient (Wildman–Crippen LogP) is 4.25. The second-order valence-electron chi connectivity index (χ2n) is 7.77. The molecular formula is C27H22N2O5. The number of benzene rings is 3. The molecule has 0 spiro atoms. The first kappa shape index (κ1) is 22.6. The smallest absolute Gasteiger partial charge is 0.407 e. The minimum atomic E-state index is -1.19. The fourth-order valence-electron chi connectivity index (χ4n) is 4.11. The number of nitrogens with one attached hydrogen (secondary N) is 2. The molecule has 1 aliphatic carbocycles. The molecule has 0 radical (unpaired) electrons. The van der Waals surface area contributed by atoms with E-state index in [0.717, 1.165) is 22.3 Å². The lowest BCUT2D eigenvalue weighted by atomic mass is 9.98. The van der Waals surface area contributed by atoms with Crippen molar-refractivity contribution in [2.24, 2.45) is 0 Å². The molecule has 0 aromatic heterocycles. The van der Waals surface area contributed by atoms with E-state index < -0.39 is 24.0 Å². The first-order chi connectivity index (χ1) is 16.5. The van der Waals surface area contributed by atoms with Crippen LogP contribution in [-0.4, -0.2) is 35.7 Å². The number of ether oxygens (including phenoxy) is 1. The molecule has 0 heterocycles. The fraction of sp³-hybridized carbons (Fsp3) is 0.148. The molecule has 170 valence electrons. The third kappa shape index (κ3) is 4.62. The van der Waals surface area contributed by atoms with Crippen LogP contribution in [0.5, 0.6) is 0 Å². The lowest BCUT2D eigenvalue weighted by molar-refractivity contribution is -0.118. The Bertz CT molecular complexity index is 1250. The number of carboxylic acids is 1. The van der Waals surface area contributed by atoms with Gasteiger partial charge in [0.2, 0.25) is 5.91 Å². The van der Waals surface area contributed by atoms with Crippen molar-refractivity contribution >= 4 is 23.7 Å². The van der Waals surface area contributed by atoms with Crippen molar-refractivity contribution in [2.75, 3.05) is 11.9 Å². The Balaban J connectivity index is 1.43. The number of amides is 2. The molecule has 0 bridgehead atoms. The van der Waals surface area contributed by atoms with E-state index >= 15 is 0 Å². The first-order valence-electron chi connectivity index (χ1n) is 10.7. The summed E-state index contributed by atoms with van der Waals surface area (Å²) in [5, 5.41) is 14.3. The number of para-hydroxylation sites is 1. The summed E-state index contributed by atoms with van der Waals surface area (Å²) in [6.07, 6.45) is 4.50. The number of carbonyl (C=O) groups is 3. The van der Waals surface area contributed by atoms with Gasteiger partial charge in [0, 0.05) is 12.3 Å². The number of fused-ring (bicyclic) bond motifs is 3. The summed E-state index contributed by atoms with van der Waals surface area (Å²) in [6, 6.07) is 20.8. The highest BCUT2D eigenvalue weighted by Crippen LogP contribution is 2.44. The molecular weight excluding hydrogens is 432 g/mol. The molecule has 34 heavy (non-hydrogen) atoms. The highest BCUT2D eigenvalue weighted by atomic mass is 16.5. The summed E-state index contributed by atoms with van der Waals surface area (Å²) in [7, 11) is 0. The van der Waals surface area contributed by atoms with Gasteiger partial charge < -0.3 is 20.5 Å². The number of hydrogen-bond donors (Lipinski definition) is 3. The summed E-state index contributed by atoms with van der Waals surface area (Å²) >= 11 is 0. The standard InChI is InChI=1S/C27H22N2O5/c1-2-9-24(25(30)28-23-15-8-7-14-21(23)26(31)32)29-27(33)34-16-22-19-12-5-3-10-17(19)18-11-4-6-13-20(18)22/h1,3-8,10-15,22,24H,9,16H2,(H,28,30)(H,29,33)(H,31,32). The van der Waals surface area contributed by atoms with Gasteiger partial charge in [-0.15, -0.1) is 12.3 Å². The van der Waals surface area contributed by atoms with Crippen LogP contribution in [-0.2, 0) is 9.53 Å². The highest BCUT2D eigenvalue weighted by molar-refractivity contribution is 6.02. The van der Waals surface area contributed by atoms with Gasteiger partial charge in [0.1, 0.15) is 12.6 Å². The fourth-order valence-corrected chi connectivity index (χ4v) is 4.11. The van der Waals surface area contributed by atoms with E-state index in [4.69, 9.17) is 11.2 Å². The molecule has 4 rings (SSSR count). The summed E-state index contributed by atoms with van der Waals surface area (Å²) in [4.78, 5) is 36.7. The number of aromatic carboxylic acids is 1. The number of carbonyl (C=O) groups excluding carboxylic acids is 2. The lowest BCUT2D eigenvalue weighted by Crippen LogP contribution is -2.44. The van der Waals surface area contributed by atoms with Crippen LogP contribution >= 0.6 is 0 Å². The van der Waals surface area contributed by atoms with E-state index in [1.54, 1.807) is 12.1 Å². The summed E-state index contributed by atoms with van der Waals surface area (Å²) in [5.41, 5.74) is 4.38. The summed E-state index contributed by atoms with van der Waals surface area (Å²) < 4.78 is 5.49. The molecule has 3 aromatic rings. The molecule has 3 N–H and O–H groups in total. The molecule has 1 unspecified atom stereocenters. The van der Waals surface area contributed by atoms with Gasteiger partial charge in [-0.25, -0.2) is 9.59 Å². The second-order valence-corrected chi connectivity index (χ2v) is 7.77. The number of terminal acetylenes is 1. The number of rotatable bonds is 7. The SMILES string of the molecule is C#CCC(NC(=O)OCC1c2ccccc2-c2ccccc21)C(=O)Nc1ccccc1C(=O)O. The molecule has 0 aliphatic heterocycles. The topological polar surface area (TPSA) is 105 Å². The van der Waals surface area contributed by atoms with Gasteiger partial charge in [0.15, 0.2) is 0 Å². The maximum atomic E-state index is 12.7. The molecule has 1 atom stereocenters. The maximum Gasteiger partial charge on any atom is 0.407 e. The van der Waals surface area contributed by atoms with Crippen LogP contribution in [0.15, 0.2) is 72.8 Å². The van der Waals surface area contributed by atoms with Crippen molar-refractivity contribution in [1.29, 1.82) is 0 Å². The number of alkyl carbamates (subject to hydrolysis) is 1. The Morgan fingerprint density at radius 1 is 0.941 bits per heavy atom. The van der Waals surface area contributed by atoms with Crippen molar-refractivity contribution < 1.29 is 24.2 Å². The van der Waals surface area contributed by atoms with Gasteiger partial charge in [0.25, 0.3) is 0 Å². The highest BCUT2D eigenvalue weighted by Gasteiger charge is 2.30. The molecule has 0 fully saturated rings. The molecule has 0 saturated heterocycles. The molecule has 7 heteroatoms. The molecule has 2 amide bonds. The Labute approximate surface area is 196 Å². The van der Waals surface area contributed by atoms with Crippen LogP contribution in [0.25, 0.3) is 11.1 Å². The van der Waals surface area contributed by atoms with Gasteiger partial charge in [-0.05, 0) is 34.4 Å². The lowest BCUT2D eigenvalue weighted by Gasteiger charge is -2.19. The monoisotopic (exact) mass is 454 g/mol. The van der Waals surface area contributed by atoms with Crippen LogP contribution in [0.4, 0.5) is 10.5 Å². The summed E-state index contributed by atoms with van der Waals surface area (Å²) in [6.45, 7) is 0.0894. The van der Waals surface area contributed by atoms with E-state index in [9.17, 15) is 19.5 Å². The van der Waals surface area contributed by atoms with Gasteiger partial charge in [0.05, 0.1) is 11.3 Å². The third-order valence-corrected chi connectivity index (χ3v) is 5.69. The molecule has 0 saturated carbocycles. The Kier molecular flexibility index (Phi) is 6.60. The van der Waals surface area contributed by atoms with Crippen molar-refractivity contribution in [2.45, 2.75) is 18.4 Å². The van der Waals surface area contributed by atoms with E-state index in [1.807, 2.05) is 48.5 Å². The van der Waals surface area contributed by atoms with Gasteiger partial charge in [-0.1, -0.05) is 60.7 Å². The minimum Gasteiger partial charge on any atom is -0.478 e. The van der Waals surface area contributed by atoms with E-state index in [2.05, 4.69) is 16.6 Å². The van der Waals surface area contributed by atoms with Crippen molar-refractivity contribution in [3.63, 3.8) is 0 Å². The Hall–Kier alpha value is -4.57. The van der Waals surface area contributed by atoms with Crippen molar-refractivity contribution in [1.82, 2.24) is 5.32 Å². The quantitative estimate of drug-likeness (QED) is 0.463. The van der Waals surface area contributed by atoms with E-state index in [1.165, 1.54) is 12.1 Å². The van der Waals surface area contributed by atoms with Crippen LogP contribution in [0.2, 0.25) is 0 Å².